The first kappa shape index (κ1) is 82.0. The lowest BCUT2D eigenvalue weighted by Gasteiger charge is -2.53. The quantitative estimate of drug-likeness (QED) is 0.172. The van der Waals surface area contributed by atoms with Crippen molar-refractivity contribution in [2.24, 2.45) is 174 Å². The number of fused-ring (bicyclic) bond motifs is 9. The zero-order valence-corrected chi connectivity index (χ0v) is 72.0. The topological polar surface area (TPSA) is 0 Å². The van der Waals surface area contributed by atoms with Crippen LogP contribution in [0.2, 0.25) is 0 Å². The zero-order chi connectivity index (χ0) is 72.0. The minimum Gasteiger partial charge on any atom is -0.0625 e. The van der Waals surface area contributed by atoms with Crippen LogP contribution < -0.4 is 0 Å². The Balaban J connectivity index is 0.000000122. The first-order chi connectivity index (χ1) is 48.2. The summed E-state index contributed by atoms with van der Waals surface area (Å²) in [5, 5.41) is 0. The minimum atomic E-state index is 0.643. The maximum absolute atomic E-state index is 2.64. The highest BCUT2D eigenvalue weighted by Gasteiger charge is 2.64. The summed E-state index contributed by atoms with van der Waals surface area (Å²) in [6.45, 7) is 43.4. The molecule has 586 valence electrons. The van der Waals surface area contributed by atoms with E-state index in [0.717, 1.165) is 147 Å². The Hall–Kier alpha value is 0. The Labute approximate surface area is 634 Å². The van der Waals surface area contributed by atoms with Crippen molar-refractivity contribution in [1.82, 2.24) is 0 Å². The second-order valence-corrected chi connectivity index (χ2v) is 46.0. The fourth-order valence-electron chi connectivity index (χ4n) is 32.2. The third-order valence-electron chi connectivity index (χ3n) is 39.0. The summed E-state index contributed by atoms with van der Waals surface area (Å²) in [6.07, 6.45) is 82.3. The lowest BCUT2D eigenvalue weighted by molar-refractivity contribution is -0.0303. The van der Waals surface area contributed by atoms with Crippen molar-refractivity contribution in [1.29, 1.82) is 0 Å². The Kier molecular flexibility index (Phi) is 29.2. The van der Waals surface area contributed by atoms with E-state index in [1.165, 1.54) is 276 Å². The van der Waals surface area contributed by atoms with E-state index in [4.69, 9.17) is 0 Å². The maximum Gasteiger partial charge on any atom is -0.0215 e. The van der Waals surface area contributed by atoms with Crippen molar-refractivity contribution in [3.8, 4) is 0 Å². The summed E-state index contributed by atoms with van der Waals surface area (Å²) in [6, 6.07) is 0. The Morgan fingerprint density at radius 2 is 0.861 bits per heavy atom. The molecular weight excluding hydrogens is 1210 g/mol. The van der Waals surface area contributed by atoms with Gasteiger partial charge in [-0.1, -0.05) is 342 Å². The summed E-state index contributed by atoms with van der Waals surface area (Å²) in [4.78, 5) is 0. The first-order valence-electron chi connectivity index (χ1n) is 48.2. The van der Waals surface area contributed by atoms with Gasteiger partial charge >= 0.3 is 0 Å². The molecule has 18 atom stereocenters. The molecule has 18 unspecified atom stereocenters. The molecule has 0 N–H and O–H groups in total. The predicted molar refractivity (Wildman–Crippen MR) is 443 cm³/mol. The normalized spacial score (nSPS) is 44.0. The Bertz CT molecular complexity index is 2340. The van der Waals surface area contributed by atoms with Crippen molar-refractivity contribution in [2.75, 3.05) is 0 Å². The van der Waals surface area contributed by atoms with Gasteiger partial charge < -0.3 is 0 Å². The molecule has 0 aromatic heterocycles. The summed E-state index contributed by atoms with van der Waals surface area (Å²) in [7, 11) is 0. The molecule has 17 rings (SSSR count). The summed E-state index contributed by atoms with van der Waals surface area (Å²) in [5.74, 6) is 23.9. The Morgan fingerprint density at radius 1 is 0.376 bits per heavy atom. The van der Waals surface area contributed by atoms with Crippen LogP contribution >= 0.6 is 0 Å². The van der Waals surface area contributed by atoms with Gasteiger partial charge in [-0.15, -0.1) is 0 Å². The molecule has 0 saturated heterocycles. The highest BCUT2D eigenvalue weighted by Crippen LogP contribution is 2.72. The molecule has 0 heterocycles. The third-order valence-corrected chi connectivity index (χ3v) is 39.0. The second-order valence-electron chi connectivity index (χ2n) is 46.0. The fraction of sp³-hybridized carbons (Fsp3) is 1.00. The van der Waals surface area contributed by atoms with E-state index in [0.29, 0.717) is 27.1 Å². The van der Waals surface area contributed by atoms with Crippen LogP contribution in [0.5, 0.6) is 0 Å². The van der Waals surface area contributed by atoms with Gasteiger partial charge in [0, 0.05) is 0 Å². The van der Waals surface area contributed by atoms with Crippen LogP contribution in [0.1, 0.15) is 464 Å². The minimum absolute atomic E-state index is 0.643. The van der Waals surface area contributed by atoms with E-state index >= 15 is 0 Å². The molecule has 101 heavy (non-hydrogen) atoms. The van der Waals surface area contributed by atoms with Crippen molar-refractivity contribution in [3.63, 3.8) is 0 Å². The first-order valence-corrected chi connectivity index (χ1v) is 48.2. The number of hydrogen-bond donors (Lipinski definition) is 0. The second kappa shape index (κ2) is 36.0. The largest absolute Gasteiger partial charge is 0.0625 e. The SMILES string of the molecule is CC(C)C(C1CCCCC1)C1CCCCC1.CC12CCC(C1)C(C)(C)C2CC1CCCCC1.CC1C2CCC(C)(C2)C1(C)CC1CCCCC1.CC1CC2CCC1(CC1CCCCC1)C2(C)C.CC1CCC(CC2CC3(C)CCC2C(C)C3)CC1.CC1CCCCC1C(C)C1CCCCC1C. The van der Waals surface area contributed by atoms with Gasteiger partial charge in [-0.05, 0) is 296 Å². The van der Waals surface area contributed by atoms with Gasteiger partial charge in [0.1, 0.15) is 0 Å². The summed E-state index contributed by atoms with van der Waals surface area (Å²) < 4.78 is 0. The average Bonchev–Trinajstić information content (AvgIpc) is 1.56. The van der Waals surface area contributed by atoms with E-state index in [-0.39, 0.29) is 0 Å². The molecule has 0 spiro atoms. The van der Waals surface area contributed by atoms with Crippen LogP contribution in [-0.2, 0) is 0 Å². The van der Waals surface area contributed by atoms with Gasteiger partial charge in [-0.25, -0.2) is 0 Å². The fourth-order valence-corrected chi connectivity index (χ4v) is 32.2. The maximum atomic E-state index is 2.64. The molecule has 8 bridgehead atoms. The zero-order valence-electron chi connectivity index (χ0n) is 72.0. The number of rotatable bonds is 13. The van der Waals surface area contributed by atoms with Crippen LogP contribution in [0.15, 0.2) is 0 Å². The van der Waals surface area contributed by atoms with Crippen LogP contribution in [-0.4, -0.2) is 0 Å². The highest BCUT2D eigenvalue weighted by atomic mass is 14.7. The number of hydrogen-bond acceptors (Lipinski definition) is 0. The molecule has 0 amide bonds. The van der Waals surface area contributed by atoms with Gasteiger partial charge in [-0.2, -0.15) is 0 Å². The predicted octanol–water partition coefficient (Wildman–Crippen LogP) is 32.6. The summed E-state index contributed by atoms with van der Waals surface area (Å²) >= 11 is 0. The Morgan fingerprint density at radius 3 is 1.31 bits per heavy atom. The highest BCUT2D eigenvalue weighted by molar-refractivity contribution is 5.13. The molecule has 17 fully saturated rings. The van der Waals surface area contributed by atoms with E-state index in [1.807, 2.05) is 0 Å². The lowest BCUT2D eigenvalue weighted by Crippen LogP contribution is -2.43. The van der Waals surface area contributed by atoms with E-state index < -0.39 is 0 Å². The molecule has 17 aliphatic carbocycles. The third kappa shape index (κ3) is 19.1. The van der Waals surface area contributed by atoms with E-state index in [2.05, 4.69) is 118 Å². The monoisotopic (exact) mass is 1400 g/mol. The molecule has 0 heteroatoms. The molecular formula is C101H182. The van der Waals surface area contributed by atoms with Crippen molar-refractivity contribution < 1.29 is 0 Å². The summed E-state index contributed by atoms with van der Waals surface area (Å²) in [5.41, 5.74) is 4.80. The van der Waals surface area contributed by atoms with Gasteiger partial charge in [0.2, 0.25) is 0 Å². The van der Waals surface area contributed by atoms with Crippen molar-refractivity contribution in [3.05, 3.63) is 0 Å². The van der Waals surface area contributed by atoms with Crippen molar-refractivity contribution in [2.45, 2.75) is 464 Å². The van der Waals surface area contributed by atoms with Crippen LogP contribution in [0.25, 0.3) is 0 Å². The van der Waals surface area contributed by atoms with Crippen LogP contribution in [0.3, 0.4) is 0 Å². The molecule has 0 radical (unpaired) electrons. The van der Waals surface area contributed by atoms with Crippen molar-refractivity contribution >= 4 is 0 Å². The molecule has 0 aliphatic heterocycles. The smallest absolute Gasteiger partial charge is 0.0215 e. The molecule has 17 aliphatic rings. The molecule has 0 nitrogen and oxygen atoms in total. The van der Waals surface area contributed by atoms with Gasteiger partial charge in [0.15, 0.2) is 0 Å². The van der Waals surface area contributed by atoms with Crippen LogP contribution in [0, 0.1) is 174 Å². The lowest BCUT2D eigenvalue weighted by atomic mass is 9.52. The average molecular weight is 1400 g/mol. The van der Waals surface area contributed by atoms with Crippen LogP contribution in [0.4, 0.5) is 0 Å². The van der Waals surface area contributed by atoms with E-state index in [1.54, 1.807) is 70.6 Å². The van der Waals surface area contributed by atoms with Gasteiger partial charge in [0.05, 0.1) is 0 Å². The van der Waals surface area contributed by atoms with Gasteiger partial charge in [-0.3, -0.25) is 0 Å². The standard InChI is InChI=1S/C18H32.3C17H30.2C16H30/c1-13-4-6-15(7-5-13)10-16-12-18(3)9-8-17(16)14(2)11-18;1-16(2)14-9-10-17(3,12-14)15(16)11-13-7-5-4-6-8-13;1-13-15-9-10-16(2,12-15)17(13,3)11-14-7-5-4-6-8-14;1-13-11-15-9-10-17(13,16(15,2)3)12-14-7-5-4-6-8-14;1-12-8-4-6-10-15(12)14(3)16-11-7-5-9-13(16)2;1-13(2)16(14-9-5-3-6-10-14)15-11-7-4-8-12-15/h13-17H,4-12H2,1-3H3;3*13-15H,4-12H2,1-3H3;12-16H,4-11H2,1-3H3;13-16H,3-12H2,1-2H3. The van der Waals surface area contributed by atoms with E-state index in [9.17, 15) is 0 Å². The molecule has 17 saturated carbocycles. The molecule has 0 aromatic rings. The van der Waals surface area contributed by atoms with Gasteiger partial charge in [0.25, 0.3) is 0 Å². The molecule has 0 aromatic carbocycles.